The molecule has 3 nitrogen and oxygen atoms in total. The summed E-state index contributed by atoms with van der Waals surface area (Å²) < 4.78 is 19.0. The van der Waals surface area contributed by atoms with E-state index >= 15 is 0 Å². The quantitative estimate of drug-likeness (QED) is 0.667. The Morgan fingerprint density at radius 3 is 2.70 bits per heavy atom. The van der Waals surface area contributed by atoms with E-state index in [9.17, 15) is 4.39 Å². The first kappa shape index (κ1) is 14.3. The van der Waals surface area contributed by atoms with E-state index in [4.69, 9.17) is 27.5 Å². The summed E-state index contributed by atoms with van der Waals surface area (Å²) in [7, 11) is 0. The van der Waals surface area contributed by atoms with Gasteiger partial charge in [0.1, 0.15) is 24.0 Å². The van der Waals surface area contributed by atoms with Gasteiger partial charge in [-0.1, -0.05) is 17.7 Å². The van der Waals surface area contributed by atoms with Crippen molar-refractivity contribution in [2.45, 2.75) is 13.5 Å². The lowest BCUT2D eigenvalue weighted by atomic mass is 10.1. The van der Waals surface area contributed by atoms with Crippen LogP contribution in [0.4, 0.5) is 4.39 Å². The second-order valence-corrected chi connectivity index (χ2v) is 4.89. The summed E-state index contributed by atoms with van der Waals surface area (Å²) in [6, 6.07) is 9.62. The third-order valence-electron chi connectivity index (χ3n) is 2.75. The maximum atomic E-state index is 13.4. The largest absolute Gasteiger partial charge is 0.487 e. The van der Waals surface area contributed by atoms with Crippen LogP contribution in [0.15, 0.2) is 36.4 Å². The number of hydrogen-bond donors (Lipinski definition) is 2. The predicted molar refractivity (Wildman–Crippen MR) is 77.9 cm³/mol. The maximum absolute atomic E-state index is 13.4. The third kappa shape index (κ3) is 3.48. The van der Waals surface area contributed by atoms with Crippen molar-refractivity contribution in [1.29, 1.82) is 5.41 Å². The molecule has 0 unspecified atom stereocenters. The van der Waals surface area contributed by atoms with Crippen LogP contribution in [0.2, 0.25) is 5.02 Å². The van der Waals surface area contributed by atoms with E-state index in [1.165, 1.54) is 12.1 Å². The minimum atomic E-state index is -0.452. The molecule has 0 heterocycles. The molecule has 0 saturated heterocycles. The minimum absolute atomic E-state index is 0.154. The Kier molecular flexibility index (Phi) is 4.25. The van der Waals surface area contributed by atoms with E-state index in [0.29, 0.717) is 21.9 Å². The van der Waals surface area contributed by atoms with Gasteiger partial charge in [-0.15, -0.1) is 0 Å². The summed E-state index contributed by atoms with van der Waals surface area (Å²) in [6.45, 7) is 2.09. The zero-order valence-electron chi connectivity index (χ0n) is 10.9. The first-order valence-electron chi connectivity index (χ1n) is 5.98. The number of benzene rings is 2. The number of aryl methyl sites for hydroxylation is 1. The second-order valence-electron chi connectivity index (χ2n) is 4.48. The molecule has 2 aromatic carbocycles. The molecule has 0 aromatic heterocycles. The Morgan fingerprint density at radius 2 is 2.05 bits per heavy atom. The summed E-state index contributed by atoms with van der Waals surface area (Å²) >= 11 is 6.06. The van der Waals surface area contributed by atoms with E-state index in [1.807, 2.05) is 13.0 Å². The van der Waals surface area contributed by atoms with Crippen LogP contribution in [-0.4, -0.2) is 5.84 Å². The van der Waals surface area contributed by atoms with Crippen LogP contribution in [0.1, 0.15) is 16.7 Å². The molecule has 0 aliphatic carbocycles. The third-order valence-corrected chi connectivity index (χ3v) is 3.05. The van der Waals surface area contributed by atoms with Gasteiger partial charge in [-0.05, 0) is 48.4 Å². The molecule has 0 atom stereocenters. The molecule has 0 bridgehead atoms. The van der Waals surface area contributed by atoms with Crippen molar-refractivity contribution >= 4 is 17.4 Å². The van der Waals surface area contributed by atoms with Gasteiger partial charge < -0.3 is 10.5 Å². The molecule has 0 aliphatic rings. The van der Waals surface area contributed by atoms with Gasteiger partial charge in [0.15, 0.2) is 0 Å². The fourth-order valence-corrected chi connectivity index (χ4v) is 2.06. The number of hydrogen-bond acceptors (Lipinski definition) is 2. The molecule has 2 aromatic rings. The molecule has 5 heteroatoms. The molecule has 2 rings (SSSR count). The molecular formula is C15H14ClFN2O. The maximum Gasteiger partial charge on any atom is 0.138 e. The van der Waals surface area contributed by atoms with Gasteiger partial charge in [0.25, 0.3) is 0 Å². The topological polar surface area (TPSA) is 59.1 Å². The SMILES string of the molecule is Cc1ccc(OCc2cc(F)cc(C(=N)N)c2)c(Cl)c1. The monoisotopic (exact) mass is 292 g/mol. The van der Waals surface area contributed by atoms with Crippen molar-refractivity contribution in [3.05, 3.63) is 63.9 Å². The highest BCUT2D eigenvalue weighted by Crippen LogP contribution is 2.26. The Labute approximate surface area is 121 Å². The molecule has 0 amide bonds. The smallest absolute Gasteiger partial charge is 0.138 e. The number of nitrogens with one attached hydrogen (secondary N) is 1. The highest BCUT2D eigenvalue weighted by Gasteiger charge is 2.06. The van der Waals surface area contributed by atoms with Crippen molar-refractivity contribution in [1.82, 2.24) is 0 Å². The van der Waals surface area contributed by atoms with Gasteiger partial charge in [0, 0.05) is 5.56 Å². The lowest BCUT2D eigenvalue weighted by Gasteiger charge is -2.10. The van der Waals surface area contributed by atoms with Gasteiger partial charge in [0.2, 0.25) is 0 Å². The predicted octanol–water partition coefficient (Wildman–Crippen LogP) is 3.65. The van der Waals surface area contributed by atoms with Crippen molar-refractivity contribution in [2.24, 2.45) is 5.73 Å². The summed E-state index contributed by atoms with van der Waals surface area (Å²) in [5.74, 6) is -0.101. The zero-order chi connectivity index (χ0) is 14.7. The first-order chi connectivity index (χ1) is 9.45. The number of halogens is 2. The van der Waals surface area contributed by atoms with Gasteiger partial charge in [-0.2, -0.15) is 0 Å². The van der Waals surface area contributed by atoms with Crippen molar-refractivity contribution in [2.75, 3.05) is 0 Å². The molecule has 0 radical (unpaired) electrons. The van der Waals surface area contributed by atoms with Crippen molar-refractivity contribution in [3.8, 4) is 5.75 Å². The molecule has 0 fully saturated rings. The Bertz CT molecular complexity index is 658. The highest BCUT2D eigenvalue weighted by molar-refractivity contribution is 6.32. The van der Waals surface area contributed by atoms with Gasteiger partial charge >= 0.3 is 0 Å². The lowest BCUT2D eigenvalue weighted by Crippen LogP contribution is -2.12. The molecule has 0 saturated carbocycles. The van der Waals surface area contributed by atoms with Crippen molar-refractivity contribution < 1.29 is 9.13 Å². The minimum Gasteiger partial charge on any atom is -0.487 e. The van der Waals surface area contributed by atoms with Crippen LogP contribution in [-0.2, 0) is 6.61 Å². The lowest BCUT2D eigenvalue weighted by molar-refractivity contribution is 0.305. The number of ether oxygens (including phenoxy) is 1. The summed E-state index contributed by atoms with van der Waals surface area (Å²) in [5, 5.41) is 7.84. The molecule has 0 aliphatic heterocycles. The Balaban J connectivity index is 2.16. The molecular weight excluding hydrogens is 279 g/mol. The molecule has 0 spiro atoms. The summed E-state index contributed by atoms with van der Waals surface area (Å²) in [4.78, 5) is 0. The molecule has 104 valence electrons. The van der Waals surface area contributed by atoms with E-state index < -0.39 is 5.82 Å². The fourth-order valence-electron chi connectivity index (χ4n) is 1.77. The molecule has 3 N–H and O–H groups in total. The van der Waals surface area contributed by atoms with Crippen LogP contribution in [0.3, 0.4) is 0 Å². The Hall–Kier alpha value is -2.07. The zero-order valence-corrected chi connectivity index (χ0v) is 11.7. The van der Waals surface area contributed by atoms with Gasteiger partial charge in [-0.3, -0.25) is 5.41 Å². The molecule has 20 heavy (non-hydrogen) atoms. The van der Waals surface area contributed by atoms with Gasteiger partial charge in [-0.25, -0.2) is 4.39 Å². The number of nitrogen functional groups attached to an aromatic ring is 1. The van der Waals surface area contributed by atoms with E-state index in [2.05, 4.69) is 0 Å². The van der Waals surface area contributed by atoms with Crippen molar-refractivity contribution in [3.63, 3.8) is 0 Å². The fraction of sp³-hybridized carbons (Fsp3) is 0.133. The van der Waals surface area contributed by atoms with Crippen LogP contribution in [0.5, 0.6) is 5.75 Å². The average Bonchev–Trinajstić information content (AvgIpc) is 2.37. The number of nitrogens with two attached hydrogens (primary N) is 1. The van der Waals surface area contributed by atoms with Crippen LogP contribution in [0.25, 0.3) is 0 Å². The van der Waals surface area contributed by atoms with E-state index in [0.717, 1.165) is 5.56 Å². The van der Waals surface area contributed by atoms with Gasteiger partial charge in [0.05, 0.1) is 5.02 Å². The Morgan fingerprint density at radius 1 is 1.30 bits per heavy atom. The number of rotatable bonds is 4. The van der Waals surface area contributed by atoms with Crippen LogP contribution >= 0.6 is 11.6 Å². The summed E-state index contributed by atoms with van der Waals surface area (Å²) in [6.07, 6.45) is 0. The second kappa shape index (κ2) is 5.92. The number of amidine groups is 1. The average molecular weight is 293 g/mol. The first-order valence-corrected chi connectivity index (χ1v) is 6.36. The van der Waals surface area contributed by atoms with E-state index in [1.54, 1.807) is 18.2 Å². The normalized spacial score (nSPS) is 10.3. The highest BCUT2D eigenvalue weighted by atomic mass is 35.5. The summed E-state index contributed by atoms with van der Waals surface area (Å²) in [5.41, 5.74) is 7.31. The van der Waals surface area contributed by atoms with Crippen LogP contribution < -0.4 is 10.5 Å². The van der Waals surface area contributed by atoms with E-state index in [-0.39, 0.29) is 12.4 Å². The van der Waals surface area contributed by atoms with Crippen LogP contribution in [0, 0.1) is 18.2 Å². The standard InChI is InChI=1S/C15H14ClFN2O/c1-9-2-3-14(13(16)4-9)20-8-10-5-11(15(18)19)7-12(17)6-10/h2-7H,8H2,1H3,(H3,18,19).